The van der Waals surface area contributed by atoms with E-state index in [1.165, 1.54) is 5.56 Å². The maximum Gasteiger partial charge on any atom is 0.228 e. The van der Waals surface area contributed by atoms with Crippen molar-refractivity contribution in [1.82, 2.24) is 0 Å². The Hall–Kier alpha value is -2.62. The number of nitrogens with one attached hydrogen (secondary N) is 2. The van der Waals surface area contributed by atoms with Crippen molar-refractivity contribution in [1.29, 1.82) is 0 Å². The van der Waals surface area contributed by atoms with E-state index in [0.717, 1.165) is 23.2 Å². The molecule has 0 atom stereocenters. The molecule has 4 nitrogen and oxygen atoms in total. The monoisotopic (exact) mass is 366 g/mol. The molecule has 0 aliphatic heterocycles. The molecule has 0 aromatic heterocycles. The molecule has 0 bridgehead atoms. The topological polar surface area (TPSA) is 58.2 Å². The Kier molecular flexibility index (Phi) is 7.17. The first-order valence-electron chi connectivity index (χ1n) is 9.53. The van der Waals surface area contributed by atoms with Crippen molar-refractivity contribution in [3.63, 3.8) is 0 Å². The van der Waals surface area contributed by atoms with Crippen LogP contribution in [0.4, 0.5) is 11.4 Å². The van der Waals surface area contributed by atoms with Gasteiger partial charge >= 0.3 is 0 Å². The molecule has 0 unspecified atom stereocenters. The number of aryl methyl sites for hydroxylation is 1. The SMILES string of the molecule is Cc1ccc(NC(=O)C(C)C)cc1NC(=O)Cc1ccc(CC(C)C)cc1. The van der Waals surface area contributed by atoms with Crippen LogP contribution in [0.2, 0.25) is 0 Å². The van der Waals surface area contributed by atoms with E-state index in [4.69, 9.17) is 0 Å². The molecule has 0 aliphatic carbocycles. The maximum absolute atomic E-state index is 12.4. The largest absolute Gasteiger partial charge is 0.326 e. The van der Waals surface area contributed by atoms with Gasteiger partial charge in [-0.15, -0.1) is 0 Å². The lowest BCUT2D eigenvalue weighted by molar-refractivity contribution is -0.119. The standard InChI is InChI=1S/C23H30N2O2/c1-15(2)12-18-7-9-19(10-8-18)13-22(26)25-21-14-20(11-6-17(21)5)24-23(27)16(3)4/h6-11,14-16H,12-13H2,1-5H3,(H,24,27)(H,25,26). The van der Waals surface area contributed by atoms with E-state index in [1.54, 1.807) is 6.07 Å². The van der Waals surface area contributed by atoms with E-state index in [0.29, 0.717) is 18.0 Å². The molecule has 0 heterocycles. The number of carbonyl (C=O) groups excluding carboxylic acids is 2. The van der Waals surface area contributed by atoms with Crippen LogP contribution in [0.3, 0.4) is 0 Å². The number of carbonyl (C=O) groups is 2. The van der Waals surface area contributed by atoms with Crippen LogP contribution in [-0.4, -0.2) is 11.8 Å². The molecule has 0 radical (unpaired) electrons. The summed E-state index contributed by atoms with van der Waals surface area (Å²) < 4.78 is 0. The van der Waals surface area contributed by atoms with Crippen molar-refractivity contribution in [2.45, 2.75) is 47.5 Å². The van der Waals surface area contributed by atoms with Gasteiger partial charge in [0.1, 0.15) is 0 Å². The highest BCUT2D eigenvalue weighted by molar-refractivity contribution is 5.96. The summed E-state index contributed by atoms with van der Waals surface area (Å²) in [5, 5.41) is 5.82. The predicted molar refractivity (Wildman–Crippen MR) is 112 cm³/mol. The lowest BCUT2D eigenvalue weighted by atomic mass is 10.0. The van der Waals surface area contributed by atoms with Gasteiger partial charge in [0.05, 0.1) is 6.42 Å². The third-order valence-electron chi connectivity index (χ3n) is 4.34. The van der Waals surface area contributed by atoms with E-state index in [1.807, 2.05) is 45.0 Å². The van der Waals surface area contributed by atoms with Crippen LogP contribution >= 0.6 is 0 Å². The molecule has 27 heavy (non-hydrogen) atoms. The van der Waals surface area contributed by atoms with Crippen LogP contribution in [0.25, 0.3) is 0 Å². The molecule has 144 valence electrons. The quantitative estimate of drug-likeness (QED) is 0.727. The molecule has 0 saturated carbocycles. The Morgan fingerprint density at radius 3 is 2.11 bits per heavy atom. The van der Waals surface area contributed by atoms with Crippen LogP contribution in [0.5, 0.6) is 0 Å². The van der Waals surface area contributed by atoms with E-state index >= 15 is 0 Å². The zero-order chi connectivity index (χ0) is 20.0. The molecule has 2 aromatic carbocycles. The normalized spacial score (nSPS) is 10.9. The first-order chi connectivity index (χ1) is 12.7. The van der Waals surface area contributed by atoms with Gasteiger partial charge in [-0.3, -0.25) is 9.59 Å². The van der Waals surface area contributed by atoms with Gasteiger partial charge in [0.25, 0.3) is 0 Å². The second-order valence-electron chi connectivity index (χ2n) is 7.81. The summed E-state index contributed by atoms with van der Waals surface area (Å²) in [5.41, 5.74) is 4.64. The fourth-order valence-electron chi connectivity index (χ4n) is 2.77. The zero-order valence-electron chi connectivity index (χ0n) is 16.9. The molecular formula is C23H30N2O2. The summed E-state index contributed by atoms with van der Waals surface area (Å²) in [7, 11) is 0. The van der Waals surface area contributed by atoms with Crippen molar-refractivity contribution in [2.75, 3.05) is 10.6 Å². The Labute approximate surface area is 162 Å². The van der Waals surface area contributed by atoms with Gasteiger partial charge in [-0.1, -0.05) is 58.0 Å². The van der Waals surface area contributed by atoms with Gasteiger partial charge in [0.15, 0.2) is 0 Å². The van der Waals surface area contributed by atoms with Gasteiger partial charge < -0.3 is 10.6 Å². The summed E-state index contributed by atoms with van der Waals surface area (Å²) >= 11 is 0. The second kappa shape index (κ2) is 9.36. The Balaban J connectivity index is 2.01. The number of benzene rings is 2. The van der Waals surface area contributed by atoms with Crippen LogP contribution < -0.4 is 10.6 Å². The van der Waals surface area contributed by atoms with Gasteiger partial charge in [-0.2, -0.15) is 0 Å². The van der Waals surface area contributed by atoms with Crippen molar-refractivity contribution in [3.8, 4) is 0 Å². The first-order valence-corrected chi connectivity index (χ1v) is 9.53. The van der Waals surface area contributed by atoms with Crippen molar-refractivity contribution >= 4 is 23.2 Å². The molecule has 0 aliphatic rings. The van der Waals surface area contributed by atoms with Crippen molar-refractivity contribution in [3.05, 3.63) is 59.2 Å². The summed E-state index contributed by atoms with van der Waals surface area (Å²) in [6.07, 6.45) is 1.37. The second-order valence-corrected chi connectivity index (χ2v) is 7.81. The van der Waals surface area contributed by atoms with E-state index < -0.39 is 0 Å². The molecular weight excluding hydrogens is 336 g/mol. The lowest BCUT2D eigenvalue weighted by Crippen LogP contribution is -2.18. The van der Waals surface area contributed by atoms with E-state index in [-0.39, 0.29) is 17.7 Å². The molecule has 2 aromatic rings. The average molecular weight is 367 g/mol. The number of amides is 2. The number of hydrogen-bond donors (Lipinski definition) is 2. The number of rotatable bonds is 7. The fourth-order valence-corrected chi connectivity index (χ4v) is 2.77. The average Bonchev–Trinajstić information content (AvgIpc) is 2.59. The Bertz CT molecular complexity index is 793. The molecule has 0 fully saturated rings. The minimum Gasteiger partial charge on any atom is -0.326 e. The highest BCUT2D eigenvalue weighted by Crippen LogP contribution is 2.21. The van der Waals surface area contributed by atoms with Gasteiger partial charge in [-0.25, -0.2) is 0 Å². The van der Waals surface area contributed by atoms with Crippen molar-refractivity contribution < 1.29 is 9.59 Å². The van der Waals surface area contributed by atoms with Crippen molar-refractivity contribution in [2.24, 2.45) is 11.8 Å². The van der Waals surface area contributed by atoms with Crippen LogP contribution in [0, 0.1) is 18.8 Å². The molecule has 0 saturated heterocycles. The summed E-state index contributed by atoms with van der Waals surface area (Å²) in [4.78, 5) is 24.3. The number of anilines is 2. The molecule has 2 amide bonds. The van der Waals surface area contributed by atoms with Gasteiger partial charge in [0, 0.05) is 17.3 Å². The summed E-state index contributed by atoms with van der Waals surface area (Å²) in [6, 6.07) is 13.8. The number of hydrogen-bond acceptors (Lipinski definition) is 2. The van der Waals surface area contributed by atoms with Crippen LogP contribution in [-0.2, 0) is 22.4 Å². The Morgan fingerprint density at radius 1 is 0.889 bits per heavy atom. The van der Waals surface area contributed by atoms with E-state index in [9.17, 15) is 9.59 Å². The summed E-state index contributed by atoms with van der Waals surface area (Å²) in [5.74, 6) is 0.410. The molecule has 2 rings (SSSR count). The fraction of sp³-hybridized carbons (Fsp3) is 0.391. The van der Waals surface area contributed by atoms with Crippen LogP contribution in [0.15, 0.2) is 42.5 Å². The molecule has 4 heteroatoms. The third-order valence-corrected chi connectivity index (χ3v) is 4.34. The molecule has 2 N–H and O–H groups in total. The lowest BCUT2D eigenvalue weighted by Gasteiger charge is -2.13. The van der Waals surface area contributed by atoms with E-state index in [2.05, 4.69) is 36.6 Å². The first kappa shape index (κ1) is 20.7. The smallest absolute Gasteiger partial charge is 0.228 e. The predicted octanol–water partition coefficient (Wildman–Crippen LogP) is 4.97. The Morgan fingerprint density at radius 2 is 1.52 bits per heavy atom. The van der Waals surface area contributed by atoms with Crippen LogP contribution in [0.1, 0.15) is 44.4 Å². The molecule has 0 spiro atoms. The zero-order valence-corrected chi connectivity index (χ0v) is 16.9. The van der Waals surface area contributed by atoms with Gasteiger partial charge in [0.2, 0.25) is 11.8 Å². The highest BCUT2D eigenvalue weighted by atomic mass is 16.2. The maximum atomic E-state index is 12.4. The van der Waals surface area contributed by atoms with Gasteiger partial charge in [-0.05, 0) is 48.1 Å². The third kappa shape index (κ3) is 6.55. The summed E-state index contributed by atoms with van der Waals surface area (Å²) in [6.45, 7) is 10.0. The highest BCUT2D eigenvalue weighted by Gasteiger charge is 2.10. The minimum absolute atomic E-state index is 0.0439. The minimum atomic E-state index is -0.0944.